The highest BCUT2D eigenvalue weighted by atomic mass is 79.9. The highest BCUT2D eigenvalue weighted by Crippen LogP contribution is 2.21. The average molecular weight is 357 g/mol. The van der Waals surface area contributed by atoms with E-state index in [-0.39, 0.29) is 17.7 Å². The molecule has 1 fully saturated rings. The minimum Gasteiger partial charge on any atom is -0.478 e. The Morgan fingerprint density at radius 3 is 2.81 bits per heavy atom. The van der Waals surface area contributed by atoms with E-state index in [0.717, 1.165) is 13.0 Å². The summed E-state index contributed by atoms with van der Waals surface area (Å²) in [5.74, 6) is -0.732. The third-order valence-electron chi connectivity index (χ3n) is 3.46. The Balaban J connectivity index is 1.91. The number of carboxylic acid groups (broad SMARTS) is 1. The van der Waals surface area contributed by atoms with E-state index < -0.39 is 5.97 Å². The van der Waals surface area contributed by atoms with Gasteiger partial charge in [0.2, 0.25) is 0 Å². The maximum Gasteiger partial charge on any atom is 0.335 e. The molecule has 0 aromatic heterocycles. The predicted molar refractivity (Wildman–Crippen MR) is 81.6 cm³/mol. The van der Waals surface area contributed by atoms with Gasteiger partial charge in [-0.05, 0) is 31.5 Å². The summed E-state index contributed by atoms with van der Waals surface area (Å²) >= 11 is 3.22. The van der Waals surface area contributed by atoms with E-state index in [2.05, 4.69) is 26.6 Å². The van der Waals surface area contributed by atoms with Crippen molar-refractivity contribution in [2.24, 2.45) is 5.92 Å². The molecule has 2 amide bonds. The van der Waals surface area contributed by atoms with Crippen LogP contribution in [0.2, 0.25) is 0 Å². The average Bonchev–Trinajstić information content (AvgIpc) is 2.81. The van der Waals surface area contributed by atoms with Gasteiger partial charge < -0.3 is 20.5 Å². The maximum absolute atomic E-state index is 11.8. The minimum atomic E-state index is -1.04. The van der Waals surface area contributed by atoms with Gasteiger partial charge in [-0.1, -0.05) is 15.9 Å². The van der Waals surface area contributed by atoms with Crippen LogP contribution < -0.4 is 10.6 Å². The number of rotatable bonds is 4. The second-order valence-corrected chi connectivity index (χ2v) is 5.91. The summed E-state index contributed by atoms with van der Waals surface area (Å²) in [4.78, 5) is 22.8. The number of ether oxygens (including phenoxy) is 1. The summed E-state index contributed by atoms with van der Waals surface area (Å²) in [7, 11) is 0. The van der Waals surface area contributed by atoms with E-state index in [1.165, 1.54) is 12.1 Å². The summed E-state index contributed by atoms with van der Waals surface area (Å²) in [5, 5.41) is 14.4. The van der Waals surface area contributed by atoms with Crippen molar-refractivity contribution in [3.8, 4) is 0 Å². The Morgan fingerprint density at radius 1 is 1.43 bits per heavy atom. The van der Waals surface area contributed by atoms with Gasteiger partial charge >= 0.3 is 12.0 Å². The van der Waals surface area contributed by atoms with Crippen LogP contribution in [0.5, 0.6) is 0 Å². The molecular weight excluding hydrogens is 340 g/mol. The monoisotopic (exact) mass is 356 g/mol. The van der Waals surface area contributed by atoms with Crippen LogP contribution in [0.15, 0.2) is 22.7 Å². The first-order valence-corrected chi connectivity index (χ1v) is 7.45. The number of carbonyl (C=O) groups is 2. The number of halogens is 1. The van der Waals surface area contributed by atoms with Gasteiger partial charge in [-0.25, -0.2) is 9.59 Å². The van der Waals surface area contributed by atoms with Crippen molar-refractivity contribution in [1.29, 1.82) is 0 Å². The van der Waals surface area contributed by atoms with E-state index in [1.807, 2.05) is 6.92 Å². The summed E-state index contributed by atoms with van der Waals surface area (Å²) < 4.78 is 6.02. The van der Waals surface area contributed by atoms with Crippen molar-refractivity contribution in [3.63, 3.8) is 0 Å². The lowest BCUT2D eigenvalue weighted by molar-refractivity contribution is 0.0696. The number of hydrogen-bond acceptors (Lipinski definition) is 3. The van der Waals surface area contributed by atoms with Crippen LogP contribution in [0.1, 0.15) is 23.7 Å². The van der Waals surface area contributed by atoms with Gasteiger partial charge in [-0.3, -0.25) is 0 Å². The minimum absolute atomic E-state index is 0.109. The molecule has 1 heterocycles. The molecule has 0 spiro atoms. The van der Waals surface area contributed by atoms with Crippen molar-refractivity contribution in [2.75, 3.05) is 18.5 Å². The fourth-order valence-corrected chi connectivity index (χ4v) is 2.72. The number of aromatic carboxylic acids is 1. The lowest BCUT2D eigenvalue weighted by Gasteiger charge is -2.15. The SMILES string of the molecule is CC1OCCC1CNC(=O)Nc1cc(Br)cc(C(=O)O)c1. The second-order valence-electron chi connectivity index (χ2n) is 4.99. The number of urea groups is 1. The van der Waals surface area contributed by atoms with E-state index in [4.69, 9.17) is 9.84 Å². The van der Waals surface area contributed by atoms with Crippen molar-refractivity contribution in [3.05, 3.63) is 28.2 Å². The smallest absolute Gasteiger partial charge is 0.335 e. The fourth-order valence-electron chi connectivity index (χ4n) is 2.23. The Bertz CT molecular complexity index is 550. The third kappa shape index (κ3) is 4.44. The fraction of sp³-hybridized carbons (Fsp3) is 0.429. The molecule has 6 nitrogen and oxygen atoms in total. The Labute approximate surface area is 131 Å². The lowest BCUT2D eigenvalue weighted by Crippen LogP contribution is -2.35. The van der Waals surface area contributed by atoms with Gasteiger partial charge in [0.15, 0.2) is 0 Å². The molecule has 0 saturated carbocycles. The van der Waals surface area contributed by atoms with Gasteiger partial charge in [0.05, 0.1) is 11.7 Å². The summed E-state index contributed by atoms with van der Waals surface area (Å²) in [6.07, 6.45) is 1.08. The molecule has 1 aromatic carbocycles. The molecule has 1 aromatic rings. The van der Waals surface area contributed by atoms with Gasteiger partial charge in [0.1, 0.15) is 0 Å². The maximum atomic E-state index is 11.8. The second kappa shape index (κ2) is 6.91. The zero-order chi connectivity index (χ0) is 15.4. The van der Waals surface area contributed by atoms with Crippen LogP contribution in [-0.4, -0.2) is 36.4 Å². The Morgan fingerprint density at radius 2 is 2.19 bits per heavy atom. The van der Waals surface area contributed by atoms with E-state index >= 15 is 0 Å². The third-order valence-corrected chi connectivity index (χ3v) is 3.92. The Kier molecular flexibility index (Phi) is 5.19. The molecule has 2 atom stereocenters. The summed E-state index contributed by atoms with van der Waals surface area (Å²) in [6.45, 7) is 3.25. The van der Waals surface area contributed by atoms with Crippen LogP contribution in [0.3, 0.4) is 0 Å². The highest BCUT2D eigenvalue weighted by Gasteiger charge is 2.24. The number of anilines is 1. The van der Waals surface area contributed by atoms with E-state index in [0.29, 0.717) is 22.6 Å². The zero-order valence-corrected chi connectivity index (χ0v) is 13.1. The van der Waals surface area contributed by atoms with Crippen LogP contribution in [0.25, 0.3) is 0 Å². The molecule has 114 valence electrons. The zero-order valence-electron chi connectivity index (χ0n) is 11.6. The number of benzene rings is 1. The molecule has 1 aliphatic rings. The van der Waals surface area contributed by atoms with Crippen LogP contribution >= 0.6 is 15.9 Å². The number of nitrogens with one attached hydrogen (secondary N) is 2. The number of amides is 2. The standard InChI is InChI=1S/C14H17BrN2O4/c1-8-9(2-3-21-8)7-16-14(20)17-12-5-10(13(18)19)4-11(15)6-12/h4-6,8-9H,2-3,7H2,1H3,(H,18,19)(H2,16,17,20). The molecule has 0 bridgehead atoms. The first kappa shape index (κ1) is 15.8. The molecule has 2 unspecified atom stereocenters. The molecule has 0 aliphatic carbocycles. The van der Waals surface area contributed by atoms with Crippen molar-refractivity contribution in [1.82, 2.24) is 5.32 Å². The molecule has 7 heteroatoms. The summed E-state index contributed by atoms with van der Waals surface area (Å²) in [6, 6.07) is 4.17. The summed E-state index contributed by atoms with van der Waals surface area (Å²) in [5.41, 5.74) is 0.535. The van der Waals surface area contributed by atoms with Crippen molar-refractivity contribution in [2.45, 2.75) is 19.4 Å². The lowest BCUT2D eigenvalue weighted by atomic mass is 10.0. The first-order valence-electron chi connectivity index (χ1n) is 6.66. The largest absolute Gasteiger partial charge is 0.478 e. The van der Waals surface area contributed by atoms with Crippen molar-refractivity contribution >= 4 is 33.6 Å². The van der Waals surface area contributed by atoms with Crippen LogP contribution in [-0.2, 0) is 4.74 Å². The highest BCUT2D eigenvalue weighted by molar-refractivity contribution is 9.10. The number of hydrogen-bond donors (Lipinski definition) is 3. The quantitative estimate of drug-likeness (QED) is 0.773. The van der Waals surface area contributed by atoms with Gasteiger partial charge in [0.25, 0.3) is 0 Å². The predicted octanol–water partition coefficient (Wildman–Crippen LogP) is 2.69. The topological polar surface area (TPSA) is 87.7 Å². The van der Waals surface area contributed by atoms with Crippen molar-refractivity contribution < 1.29 is 19.4 Å². The molecule has 1 aliphatic heterocycles. The molecule has 0 radical (unpaired) electrons. The van der Waals surface area contributed by atoms with Gasteiger partial charge in [0, 0.05) is 29.2 Å². The molecule has 1 saturated heterocycles. The molecule has 3 N–H and O–H groups in total. The van der Waals surface area contributed by atoms with Gasteiger partial charge in [-0.15, -0.1) is 0 Å². The van der Waals surface area contributed by atoms with Crippen LogP contribution in [0, 0.1) is 5.92 Å². The molecule has 21 heavy (non-hydrogen) atoms. The van der Waals surface area contributed by atoms with Crippen LogP contribution in [0.4, 0.5) is 10.5 Å². The number of carboxylic acids is 1. The van der Waals surface area contributed by atoms with E-state index in [9.17, 15) is 9.59 Å². The Hall–Kier alpha value is -1.60. The number of carbonyl (C=O) groups excluding carboxylic acids is 1. The first-order chi connectivity index (χ1) is 9.95. The van der Waals surface area contributed by atoms with E-state index in [1.54, 1.807) is 6.07 Å². The molecule has 2 rings (SSSR count). The van der Waals surface area contributed by atoms with Gasteiger partial charge in [-0.2, -0.15) is 0 Å². The molecular formula is C14H17BrN2O4. The normalized spacial score (nSPS) is 21.0.